The number of rotatable bonds is 4. The molecule has 3 N–H and O–H groups in total. The molecule has 7 nitrogen and oxygen atoms in total. The van der Waals surface area contributed by atoms with Crippen molar-refractivity contribution in [3.05, 3.63) is 29.7 Å². The zero-order chi connectivity index (χ0) is 22.3. The Balaban J connectivity index is 1.91. The van der Waals surface area contributed by atoms with Crippen molar-refractivity contribution < 1.29 is 22.8 Å². The first-order chi connectivity index (χ1) is 13.9. The van der Waals surface area contributed by atoms with Gasteiger partial charge in [-0.1, -0.05) is 17.4 Å². The molecule has 162 valence electrons. The Labute approximate surface area is 175 Å². The highest BCUT2D eigenvalue weighted by molar-refractivity contribution is 7.19. The Morgan fingerprint density at radius 2 is 2.03 bits per heavy atom. The van der Waals surface area contributed by atoms with Crippen LogP contribution in [0.25, 0.3) is 10.4 Å². The molecule has 3 heterocycles. The second-order valence-electron chi connectivity index (χ2n) is 7.64. The minimum Gasteiger partial charge on any atom is -0.368 e. The Kier molecular flexibility index (Phi) is 5.76. The second kappa shape index (κ2) is 7.86. The molecule has 1 saturated heterocycles. The number of halogens is 3. The number of hydrogen-bond acceptors (Lipinski definition) is 5. The molecule has 0 bridgehead atoms. The van der Waals surface area contributed by atoms with Gasteiger partial charge < -0.3 is 10.6 Å². The summed E-state index contributed by atoms with van der Waals surface area (Å²) in [6, 6.07) is 1.93. The van der Waals surface area contributed by atoms with E-state index in [0.29, 0.717) is 35.5 Å². The molecule has 0 radical (unpaired) electrons. The lowest BCUT2D eigenvalue weighted by atomic mass is 9.84. The molecule has 1 aliphatic rings. The van der Waals surface area contributed by atoms with E-state index in [2.05, 4.69) is 15.3 Å². The first-order valence-corrected chi connectivity index (χ1v) is 10.1. The van der Waals surface area contributed by atoms with E-state index >= 15 is 0 Å². The van der Waals surface area contributed by atoms with Crippen molar-refractivity contribution in [2.45, 2.75) is 51.2 Å². The van der Waals surface area contributed by atoms with Gasteiger partial charge in [0.05, 0.1) is 16.3 Å². The molecule has 0 aromatic carbocycles. The van der Waals surface area contributed by atoms with Gasteiger partial charge in [0, 0.05) is 18.3 Å². The molecule has 30 heavy (non-hydrogen) atoms. The van der Waals surface area contributed by atoms with Crippen LogP contribution in [-0.2, 0) is 10.2 Å². The number of carbonyl (C=O) groups excluding carboxylic acids is 2. The third kappa shape index (κ3) is 3.98. The van der Waals surface area contributed by atoms with Crippen molar-refractivity contribution in [1.29, 1.82) is 0 Å². The van der Waals surface area contributed by atoms with Crippen molar-refractivity contribution in [3.8, 4) is 10.4 Å². The van der Waals surface area contributed by atoms with Crippen LogP contribution in [0.5, 0.6) is 0 Å². The van der Waals surface area contributed by atoms with Crippen LogP contribution in [0.4, 0.5) is 23.1 Å². The Morgan fingerprint density at radius 3 is 2.67 bits per heavy atom. The standard InChI is InChI=1S/C19H22F3N5O2S/c1-10-13(11-6-4-8-24-14(11)18(2,3)19(20,21)22)30-16(25-10)26-17(29)27-9-5-7-12(27)15(23)28/h4,6,8,12H,5,7,9H2,1-3H3,(H2,23,28)(H,25,26,29)/t12-/m0/s1. The molecule has 1 aliphatic heterocycles. The van der Waals surface area contributed by atoms with Gasteiger partial charge in [-0.15, -0.1) is 0 Å². The number of pyridine rings is 1. The largest absolute Gasteiger partial charge is 0.399 e. The first-order valence-electron chi connectivity index (χ1n) is 9.30. The van der Waals surface area contributed by atoms with Crippen LogP contribution >= 0.6 is 11.3 Å². The van der Waals surface area contributed by atoms with E-state index in [1.54, 1.807) is 19.1 Å². The number of nitrogens with one attached hydrogen (secondary N) is 1. The van der Waals surface area contributed by atoms with E-state index in [9.17, 15) is 22.8 Å². The van der Waals surface area contributed by atoms with Crippen LogP contribution in [0, 0.1) is 6.92 Å². The number of aryl methyl sites for hydroxylation is 1. The van der Waals surface area contributed by atoms with Crippen LogP contribution < -0.4 is 11.1 Å². The van der Waals surface area contributed by atoms with E-state index < -0.39 is 29.6 Å². The summed E-state index contributed by atoms with van der Waals surface area (Å²) < 4.78 is 40.8. The van der Waals surface area contributed by atoms with Gasteiger partial charge in [-0.2, -0.15) is 13.2 Å². The lowest BCUT2D eigenvalue weighted by Gasteiger charge is -2.28. The highest BCUT2D eigenvalue weighted by atomic mass is 32.1. The summed E-state index contributed by atoms with van der Waals surface area (Å²) in [6.45, 7) is 4.20. The summed E-state index contributed by atoms with van der Waals surface area (Å²) in [7, 11) is 0. The maximum atomic E-state index is 13.6. The lowest BCUT2D eigenvalue weighted by Crippen LogP contribution is -2.45. The smallest absolute Gasteiger partial charge is 0.368 e. The van der Waals surface area contributed by atoms with E-state index in [0.717, 1.165) is 25.2 Å². The molecule has 0 aliphatic carbocycles. The van der Waals surface area contributed by atoms with E-state index in [4.69, 9.17) is 5.73 Å². The third-order valence-corrected chi connectivity index (χ3v) is 6.31. The van der Waals surface area contributed by atoms with Gasteiger partial charge in [0.15, 0.2) is 5.13 Å². The second-order valence-corrected chi connectivity index (χ2v) is 8.64. The number of primary amides is 1. The normalized spacial score (nSPS) is 17.3. The van der Waals surface area contributed by atoms with Crippen LogP contribution in [0.1, 0.15) is 38.1 Å². The quantitative estimate of drug-likeness (QED) is 0.753. The molecule has 1 atom stereocenters. The van der Waals surface area contributed by atoms with Gasteiger partial charge in [-0.25, -0.2) is 9.78 Å². The molecular formula is C19H22F3N5O2S. The molecule has 3 rings (SSSR count). The minimum atomic E-state index is -4.49. The number of aromatic nitrogens is 2. The number of anilines is 1. The molecule has 2 aromatic rings. The van der Waals surface area contributed by atoms with Crippen LogP contribution in [0.15, 0.2) is 18.3 Å². The maximum absolute atomic E-state index is 13.6. The number of carbonyl (C=O) groups is 2. The predicted octanol–water partition coefficient (Wildman–Crippen LogP) is 3.84. The summed E-state index contributed by atoms with van der Waals surface area (Å²) in [5.41, 5.74) is 3.83. The number of alkyl halides is 3. The average Bonchev–Trinajstić information content (AvgIpc) is 3.27. The summed E-state index contributed by atoms with van der Waals surface area (Å²) in [4.78, 5) is 34.2. The monoisotopic (exact) mass is 441 g/mol. The van der Waals surface area contributed by atoms with Gasteiger partial charge >= 0.3 is 12.2 Å². The molecule has 1 fully saturated rings. The van der Waals surface area contributed by atoms with Gasteiger partial charge in [-0.05, 0) is 39.7 Å². The fourth-order valence-electron chi connectivity index (χ4n) is 3.39. The van der Waals surface area contributed by atoms with Gasteiger partial charge in [0.1, 0.15) is 11.5 Å². The number of thiazole rings is 1. The topological polar surface area (TPSA) is 101 Å². The van der Waals surface area contributed by atoms with Gasteiger partial charge in [-0.3, -0.25) is 15.1 Å². The van der Waals surface area contributed by atoms with E-state index in [1.807, 2.05) is 0 Å². The Hall–Kier alpha value is -2.69. The predicted molar refractivity (Wildman–Crippen MR) is 107 cm³/mol. The third-order valence-electron chi connectivity index (χ3n) is 5.21. The van der Waals surface area contributed by atoms with Crippen molar-refractivity contribution >= 4 is 28.4 Å². The molecule has 0 unspecified atom stereocenters. The van der Waals surface area contributed by atoms with Crippen LogP contribution in [-0.4, -0.2) is 45.6 Å². The van der Waals surface area contributed by atoms with Crippen molar-refractivity contribution in [3.63, 3.8) is 0 Å². The summed E-state index contributed by atoms with van der Waals surface area (Å²) in [5, 5.41) is 2.86. The maximum Gasteiger partial charge on any atom is 0.399 e. The molecule has 2 aromatic heterocycles. The van der Waals surface area contributed by atoms with Gasteiger partial charge in [0.2, 0.25) is 5.91 Å². The number of nitrogens with two attached hydrogens (primary N) is 1. The van der Waals surface area contributed by atoms with Crippen LogP contribution in [0.2, 0.25) is 0 Å². The molecule has 0 spiro atoms. The fraction of sp³-hybridized carbons (Fsp3) is 0.474. The van der Waals surface area contributed by atoms with Crippen molar-refractivity contribution in [2.24, 2.45) is 5.73 Å². The number of likely N-dealkylation sites (tertiary alicyclic amines) is 1. The summed E-state index contributed by atoms with van der Waals surface area (Å²) in [6.07, 6.45) is -2.01. The number of hydrogen-bond donors (Lipinski definition) is 2. The fourth-order valence-corrected chi connectivity index (χ4v) is 4.37. The Bertz CT molecular complexity index is 973. The highest BCUT2D eigenvalue weighted by Gasteiger charge is 2.50. The van der Waals surface area contributed by atoms with Crippen molar-refractivity contribution in [1.82, 2.24) is 14.9 Å². The van der Waals surface area contributed by atoms with Gasteiger partial charge in [0.25, 0.3) is 0 Å². The number of nitrogens with zero attached hydrogens (tertiary/aromatic N) is 3. The SMILES string of the molecule is Cc1nc(NC(=O)N2CCC[C@H]2C(N)=O)sc1-c1cccnc1C(C)(C)C(F)(F)F. The zero-order valence-electron chi connectivity index (χ0n) is 16.7. The molecule has 11 heteroatoms. The molecule has 3 amide bonds. The van der Waals surface area contributed by atoms with Crippen LogP contribution in [0.3, 0.4) is 0 Å². The summed E-state index contributed by atoms with van der Waals surface area (Å²) in [5.74, 6) is -0.576. The average molecular weight is 441 g/mol. The van der Waals surface area contributed by atoms with Crippen molar-refractivity contribution in [2.75, 3.05) is 11.9 Å². The highest BCUT2D eigenvalue weighted by Crippen LogP contribution is 2.45. The number of urea groups is 1. The summed E-state index contributed by atoms with van der Waals surface area (Å²) >= 11 is 1.06. The first kappa shape index (κ1) is 22.0. The number of amides is 3. The zero-order valence-corrected chi connectivity index (χ0v) is 17.5. The van der Waals surface area contributed by atoms with E-state index in [-0.39, 0.29) is 10.8 Å². The lowest BCUT2D eigenvalue weighted by molar-refractivity contribution is -0.181. The molecular weight excluding hydrogens is 419 g/mol. The molecule has 0 saturated carbocycles. The Morgan fingerprint density at radius 1 is 1.33 bits per heavy atom. The van der Waals surface area contributed by atoms with E-state index in [1.165, 1.54) is 11.1 Å². The minimum absolute atomic E-state index is 0.115.